The van der Waals surface area contributed by atoms with Crippen LogP contribution in [0.1, 0.15) is 32.1 Å². The Labute approximate surface area is 118 Å². The number of rotatable bonds is 4. The first-order valence-corrected chi connectivity index (χ1v) is 8.65. The number of amides is 2. The van der Waals surface area contributed by atoms with Crippen molar-refractivity contribution in [3.63, 3.8) is 0 Å². The molecule has 2 rings (SSSR count). The first kappa shape index (κ1) is 15.1. The number of sulfone groups is 1. The highest BCUT2D eigenvalue weighted by molar-refractivity contribution is 7.91. The first-order valence-electron chi connectivity index (χ1n) is 6.83. The largest absolute Gasteiger partial charge is 0.480 e. The van der Waals surface area contributed by atoms with Gasteiger partial charge in [0.25, 0.3) is 0 Å². The van der Waals surface area contributed by atoms with Crippen LogP contribution in [0.4, 0.5) is 4.79 Å². The van der Waals surface area contributed by atoms with Crippen LogP contribution in [-0.4, -0.2) is 49.1 Å². The molecule has 114 valence electrons. The molecule has 2 fully saturated rings. The Morgan fingerprint density at radius 3 is 2.40 bits per heavy atom. The summed E-state index contributed by atoms with van der Waals surface area (Å²) in [5, 5.41) is 14.4. The molecule has 0 aromatic carbocycles. The zero-order chi connectivity index (χ0) is 14.8. The number of carbonyl (C=O) groups is 2. The van der Waals surface area contributed by atoms with E-state index < -0.39 is 27.4 Å². The van der Waals surface area contributed by atoms with Crippen LogP contribution < -0.4 is 10.6 Å². The lowest BCUT2D eigenvalue weighted by Gasteiger charge is -2.25. The fraction of sp³-hybridized carbons (Fsp3) is 0.833. The molecule has 1 heterocycles. The summed E-state index contributed by atoms with van der Waals surface area (Å²) in [7, 11) is -2.96. The van der Waals surface area contributed by atoms with Gasteiger partial charge in [-0.3, -0.25) is 0 Å². The Hall–Kier alpha value is -1.31. The van der Waals surface area contributed by atoms with Gasteiger partial charge in [-0.25, -0.2) is 18.0 Å². The van der Waals surface area contributed by atoms with E-state index in [1.807, 2.05) is 0 Å². The van der Waals surface area contributed by atoms with Crippen LogP contribution >= 0.6 is 0 Å². The normalized spacial score (nSPS) is 27.1. The molecule has 1 saturated carbocycles. The van der Waals surface area contributed by atoms with Gasteiger partial charge in [-0.05, 0) is 25.2 Å². The van der Waals surface area contributed by atoms with Crippen molar-refractivity contribution in [1.29, 1.82) is 0 Å². The molecule has 3 N–H and O–H groups in total. The average molecular weight is 304 g/mol. The Morgan fingerprint density at radius 1 is 1.25 bits per heavy atom. The molecule has 0 spiro atoms. The van der Waals surface area contributed by atoms with Gasteiger partial charge in [0.1, 0.15) is 5.54 Å². The summed E-state index contributed by atoms with van der Waals surface area (Å²) in [6.45, 7) is 0.265. The molecule has 1 aliphatic carbocycles. The van der Waals surface area contributed by atoms with Crippen molar-refractivity contribution in [2.75, 3.05) is 18.1 Å². The molecule has 0 aromatic rings. The van der Waals surface area contributed by atoms with Gasteiger partial charge in [0, 0.05) is 6.54 Å². The first-order chi connectivity index (χ1) is 9.33. The number of aliphatic carboxylic acids is 1. The highest BCUT2D eigenvalue weighted by Gasteiger charge is 2.42. The lowest BCUT2D eigenvalue weighted by atomic mass is 9.98. The molecule has 2 amide bonds. The van der Waals surface area contributed by atoms with E-state index >= 15 is 0 Å². The SMILES string of the molecule is O=C(NCC1CCS(=O)(=O)C1)NC1(C(=O)O)CCCC1. The maximum atomic E-state index is 11.8. The van der Waals surface area contributed by atoms with Crippen LogP contribution in [0.15, 0.2) is 0 Å². The predicted octanol–water partition coefficient (Wildman–Crippen LogP) is 0.118. The van der Waals surface area contributed by atoms with Crippen molar-refractivity contribution < 1.29 is 23.1 Å². The van der Waals surface area contributed by atoms with E-state index in [-0.39, 0.29) is 24.0 Å². The van der Waals surface area contributed by atoms with E-state index in [2.05, 4.69) is 10.6 Å². The molecule has 0 aromatic heterocycles. The van der Waals surface area contributed by atoms with Crippen molar-refractivity contribution in [2.24, 2.45) is 5.92 Å². The second kappa shape index (κ2) is 5.59. The summed E-state index contributed by atoms with van der Waals surface area (Å²) < 4.78 is 22.6. The second-order valence-corrected chi connectivity index (χ2v) is 7.93. The Bertz CT molecular complexity index is 496. The lowest BCUT2D eigenvalue weighted by molar-refractivity contribution is -0.144. The predicted molar refractivity (Wildman–Crippen MR) is 72.1 cm³/mol. The Morgan fingerprint density at radius 2 is 1.90 bits per heavy atom. The van der Waals surface area contributed by atoms with E-state index in [0.29, 0.717) is 19.3 Å². The maximum absolute atomic E-state index is 11.8. The third-order valence-corrected chi connectivity index (χ3v) is 5.93. The second-order valence-electron chi connectivity index (χ2n) is 5.70. The minimum atomic E-state index is -2.96. The standard InChI is InChI=1S/C12H20N2O5S/c15-10(16)12(4-1-2-5-12)14-11(17)13-7-9-3-6-20(18,19)8-9/h9H,1-8H2,(H,15,16)(H2,13,14,17). The smallest absolute Gasteiger partial charge is 0.329 e. The summed E-state index contributed by atoms with van der Waals surface area (Å²) in [5.41, 5.74) is -1.16. The van der Waals surface area contributed by atoms with Crippen LogP contribution in [0.25, 0.3) is 0 Å². The number of carboxylic acid groups (broad SMARTS) is 1. The van der Waals surface area contributed by atoms with Crippen LogP contribution in [-0.2, 0) is 14.6 Å². The van der Waals surface area contributed by atoms with Crippen LogP contribution in [0.2, 0.25) is 0 Å². The van der Waals surface area contributed by atoms with Gasteiger partial charge in [0.05, 0.1) is 11.5 Å². The van der Waals surface area contributed by atoms with Gasteiger partial charge in [-0.2, -0.15) is 0 Å². The summed E-state index contributed by atoms with van der Waals surface area (Å²) in [5.74, 6) is -0.819. The third-order valence-electron chi connectivity index (χ3n) is 4.10. The van der Waals surface area contributed by atoms with Crippen molar-refractivity contribution in [3.8, 4) is 0 Å². The van der Waals surface area contributed by atoms with Crippen LogP contribution in [0, 0.1) is 5.92 Å². The minimum Gasteiger partial charge on any atom is -0.480 e. The zero-order valence-electron chi connectivity index (χ0n) is 11.2. The van der Waals surface area contributed by atoms with Crippen molar-refractivity contribution >= 4 is 21.8 Å². The number of urea groups is 1. The molecule has 2 aliphatic rings. The van der Waals surface area contributed by atoms with Crippen molar-refractivity contribution in [2.45, 2.75) is 37.6 Å². The molecule has 1 saturated heterocycles. The fourth-order valence-electron chi connectivity index (χ4n) is 2.90. The number of nitrogens with one attached hydrogen (secondary N) is 2. The zero-order valence-corrected chi connectivity index (χ0v) is 12.0. The van der Waals surface area contributed by atoms with E-state index in [4.69, 9.17) is 0 Å². The van der Waals surface area contributed by atoms with E-state index in [0.717, 1.165) is 12.8 Å². The molecular weight excluding hydrogens is 284 g/mol. The molecule has 1 aliphatic heterocycles. The summed E-state index contributed by atoms with van der Waals surface area (Å²) in [4.78, 5) is 23.1. The average Bonchev–Trinajstić information content (AvgIpc) is 2.94. The summed E-state index contributed by atoms with van der Waals surface area (Å²) in [6, 6.07) is -0.529. The number of hydrogen-bond donors (Lipinski definition) is 3. The monoisotopic (exact) mass is 304 g/mol. The quantitative estimate of drug-likeness (QED) is 0.683. The third kappa shape index (κ3) is 3.41. The Kier molecular flexibility index (Phi) is 4.22. The molecule has 7 nitrogen and oxygen atoms in total. The van der Waals surface area contributed by atoms with E-state index in [9.17, 15) is 23.1 Å². The molecular formula is C12H20N2O5S. The molecule has 0 bridgehead atoms. The number of hydrogen-bond acceptors (Lipinski definition) is 4. The van der Waals surface area contributed by atoms with Gasteiger partial charge in [0.2, 0.25) is 0 Å². The summed E-state index contributed by atoms with van der Waals surface area (Å²) in [6.07, 6.45) is 2.99. The van der Waals surface area contributed by atoms with Gasteiger partial charge < -0.3 is 15.7 Å². The number of carbonyl (C=O) groups excluding carboxylic acids is 1. The highest BCUT2D eigenvalue weighted by Crippen LogP contribution is 2.29. The van der Waals surface area contributed by atoms with Crippen molar-refractivity contribution in [1.82, 2.24) is 10.6 Å². The van der Waals surface area contributed by atoms with E-state index in [1.165, 1.54) is 0 Å². The highest BCUT2D eigenvalue weighted by atomic mass is 32.2. The molecule has 8 heteroatoms. The minimum absolute atomic E-state index is 0.0740. The molecule has 1 atom stereocenters. The molecule has 1 unspecified atom stereocenters. The van der Waals surface area contributed by atoms with Crippen LogP contribution in [0.3, 0.4) is 0 Å². The van der Waals surface area contributed by atoms with Crippen LogP contribution in [0.5, 0.6) is 0 Å². The molecule has 0 radical (unpaired) electrons. The summed E-state index contributed by atoms with van der Waals surface area (Å²) >= 11 is 0. The topological polar surface area (TPSA) is 113 Å². The molecule has 20 heavy (non-hydrogen) atoms. The number of carboxylic acids is 1. The lowest BCUT2D eigenvalue weighted by Crippen LogP contribution is -2.55. The van der Waals surface area contributed by atoms with Gasteiger partial charge >= 0.3 is 12.0 Å². The van der Waals surface area contributed by atoms with Gasteiger partial charge in [0.15, 0.2) is 9.84 Å². The van der Waals surface area contributed by atoms with E-state index in [1.54, 1.807) is 0 Å². The Balaban J connectivity index is 1.82. The fourth-order valence-corrected chi connectivity index (χ4v) is 4.76. The van der Waals surface area contributed by atoms with Gasteiger partial charge in [-0.1, -0.05) is 12.8 Å². The maximum Gasteiger partial charge on any atom is 0.329 e. The van der Waals surface area contributed by atoms with Gasteiger partial charge in [-0.15, -0.1) is 0 Å². The van der Waals surface area contributed by atoms with Crippen molar-refractivity contribution in [3.05, 3.63) is 0 Å².